The Morgan fingerprint density at radius 3 is 2.74 bits per heavy atom. The van der Waals surface area contributed by atoms with Gasteiger partial charge >= 0.3 is 0 Å². The van der Waals surface area contributed by atoms with Crippen LogP contribution in [0.25, 0.3) is 0 Å². The van der Waals surface area contributed by atoms with Crippen molar-refractivity contribution in [3.63, 3.8) is 0 Å². The molecule has 1 aromatic rings. The van der Waals surface area contributed by atoms with Crippen LogP contribution in [0.2, 0.25) is 0 Å². The molecule has 0 fully saturated rings. The van der Waals surface area contributed by atoms with Crippen molar-refractivity contribution in [1.29, 1.82) is 0 Å². The standard InChI is InChI=1S/C13H19N3O3/c1-4-10(3)14-8-13(17)15-12-7-11(16(18)19)6-5-9(12)2/h5-7,10,14H,4,8H2,1-3H3,(H,15,17). The Morgan fingerprint density at radius 2 is 2.16 bits per heavy atom. The van der Waals surface area contributed by atoms with Crippen molar-refractivity contribution in [1.82, 2.24) is 5.32 Å². The van der Waals surface area contributed by atoms with Crippen molar-refractivity contribution in [2.75, 3.05) is 11.9 Å². The third-order valence-corrected chi connectivity index (χ3v) is 2.93. The van der Waals surface area contributed by atoms with Crippen LogP contribution in [0.4, 0.5) is 11.4 Å². The van der Waals surface area contributed by atoms with Gasteiger partial charge in [-0.15, -0.1) is 0 Å². The summed E-state index contributed by atoms with van der Waals surface area (Å²) in [5, 5.41) is 16.4. The van der Waals surface area contributed by atoms with Crippen LogP contribution in [0.5, 0.6) is 0 Å². The summed E-state index contributed by atoms with van der Waals surface area (Å²) >= 11 is 0. The highest BCUT2D eigenvalue weighted by atomic mass is 16.6. The maximum Gasteiger partial charge on any atom is 0.271 e. The summed E-state index contributed by atoms with van der Waals surface area (Å²) in [5.41, 5.74) is 1.24. The first-order chi connectivity index (χ1) is 8.93. The van der Waals surface area contributed by atoms with Gasteiger partial charge in [-0.3, -0.25) is 14.9 Å². The number of anilines is 1. The molecule has 0 heterocycles. The van der Waals surface area contributed by atoms with Gasteiger partial charge in [-0.2, -0.15) is 0 Å². The average molecular weight is 265 g/mol. The molecule has 0 spiro atoms. The van der Waals surface area contributed by atoms with Gasteiger partial charge < -0.3 is 10.6 Å². The Labute approximate surface area is 112 Å². The molecule has 1 aromatic carbocycles. The molecule has 0 saturated carbocycles. The van der Waals surface area contributed by atoms with E-state index in [9.17, 15) is 14.9 Å². The summed E-state index contributed by atoms with van der Waals surface area (Å²) in [6.45, 7) is 6.00. The van der Waals surface area contributed by atoms with Crippen LogP contribution in [0.3, 0.4) is 0 Å². The summed E-state index contributed by atoms with van der Waals surface area (Å²) < 4.78 is 0. The van der Waals surface area contributed by atoms with E-state index in [0.717, 1.165) is 12.0 Å². The van der Waals surface area contributed by atoms with Gasteiger partial charge in [-0.25, -0.2) is 0 Å². The molecule has 2 N–H and O–H groups in total. The zero-order chi connectivity index (χ0) is 14.4. The lowest BCUT2D eigenvalue weighted by atomic mass is 10.2. The number of nitro groups is 1. The molecule has 0 radical (unpaired) electrons. The predicted octanol–water partition coefficient (Wildman–Crippen LogP) is 2.23. The van der Waals surface area contributed by atoms with E-state index in [0.29, 0.717) is 5.69 Å². The molecule has 1 amide bonds. The topological polar surface area (TPSA) is 84.3 Å². The van der Waals surface area contributed by atoms with E-state index in [1.807, 2.05) is 13.8 Å². The number of benzene rings is 1. The van der Waals surface area contributed by atoms with Gasteiger partial charge in [0.15, 0.2) is 0 Å². The number of aryl methyl sites for hydroxylation is 1. The number of rotatable bonds is 6. The molecule has 0 bridgehead atoms. The lowest BCUT2D eigenvalue weighted by molar-refractivity contribution is -0.384. The highest BCUT2D eigenvalue weighted by molar-refractivity contribution is 5.93. The molecule has 0 saturated heterocycles. The van der Waals surface area contributed by atoms with Gasteiger partial charge in [-0.05, 0) is 25.8 Å². The summed E-state index contributed by atoms with van der Waals surface area (Å²) in [6.07, 6.45) is 0.934. The van der Waals surface area contributed by atoms with Crippen LogP contribution in [-0.4, -0.2) is 23.4 Å². The van der Waals surface area contributed by atoms with Crippen LogP contribution in [0, 0.1) is 17.0 Å². The number of amides is 1. The first-order valence-electron chi connectivity index (χ1n) is 6.22. The van der Waals surface area contributed by atoms with E-state index in [1.54, 1.807) is 13.0 Å². The summed E-state index contributed by atoms with van der Waals surface area (Å²) in [5.74, 6) is -0.205. The van der Waals surface area contributed by atoms with E-state index >= 15 is 0 Å². The quantitative estimate of drug-likeness (QED) is 0.610. The normalized spacial score (nSPS) is 11.9. The number of nitrogens with zero attached hydrogens (tertiary/aromatic N) is 1. The summed E-state index contributed by atoms with van der Waals surface area (Å²) in [4.78, 5) is 21.9. The first kappa shape index (κ1) is 15.1. The van der Waals surface area contributed by atoms with Crippen LogP contribution >= 0.6 is 0 Å². The molecule has 0 aliphatic rings. The molecule has 1 atom stereocenters. The number of hydrogen-bond donors (Lipinski definition) is 2. The number of hydrogen-bond acceptors (Lipinski definition) is 4. The average Bonchev–Trinajstić information content (AvgIpc) is 2.38. The number of carbonyl (C=O) groups excluding carboxylic acids is 1. The third-order valence-electron chi connectivity index (χ3n) is 2.93. The molecular weight excluding hydrogens is 246 g/mol. The van der Waals surface area contributed by atoms with Crippen LogP contribution < -0.4 is 10.6 Å². The maximum atomic E-state index is 11.7. The van der Waals surface area contributed by atoms with Crippen molar-refractivity contribution in [3.8, 4) is 0 Å². The van der Waals surface area contributed by atoms with Gasteiger partial charge in [0.2, 0.25) is 5.91 Å². The van der Waals surface area contributed by atoms with E-state index in [-0.39, 0.29) is 24.2 Å². The zero-order valence-corrected chi connectivity index (χ0v) is 11.4. The lowest BCUT2D eigenvalue weighted by Crippen LogP contribution is -2.34. The fourth-order valence-corrected chi connectivity index (χ4v) is 1.46. The second-order valence-electron chi connectivity index (χ2n) is 4.49. The van der Waals surface area contributed by atoms with Gasteiger partial charge in [-0.1, -0.05) is 13.0 Å². The third kappa shape index (κ3) is 4.67. The molecule has 104 valence electrons. The molecule has 1 rings (SSSR count). The van der Waals surface area contributed by atoms with Crippen molar-refractivity contribution in [2.24, 2.45) is 0 Å². The van der Waals surface area contributed by atoms with Crippen LogP contribution in [-0.2, 0) is 4.79 Å². The fraction of sp³-hybridized carbons (Fsp3) is 0.462. The Bertz CT molecular complexity index is 474. The first-order valence-corrected chi connectivity index (χ1v) is 6.22. The number of non-ortho nitro benzene ring substituents is 1. The number of carbonyl (C=O) groups is 1. The van der Waals surface area contributed by atoms with E-state index in [4.69, 9.17) is 0 Å². The largest absolute Gasteiger partial charge is 0.324 e. The Balaban J connectivity index is 2.68. The molecule has 6 heteroatoms. The molecule has 0 aliphatic carbocycles. The molecule has 19 heavy (non-hydrogen) atoms. The lowest BCUT2D eigenvalue weighted by Gasteiger charge is -2.12. The van der Waals surface area contributed by atoms with Crippen LogP contribution in [0.1, 0.15) is 25.8 Å². The van der Waals surface area contributed by atoms with Gasteiger partial charge in [0, 0.05) is 18.2 Å². The molecule has 1 unspecified atom stereocenters. The minimum Gasteiger partial charge on any atom is -0.324 e. The smallest absolute Gasteiger partial charge is 0.271 e. The summed E-state index contributed by atoms with van der Waals surface area (Å²) in [6, 6.07) is 4.67. The van der Waals surface area contributed by atoms with E-state index in [1.165, 1.54) is 12.1 Å². The van der Waals surface area contributed by atoms with E-state index < -0.39 is 4.92 Å². The zero-order valence-electron chi connectivity index (χ0n) is 11.4. The predicted molar refractivity (Wildman–Crippen MR) is 74.2 cm³/mol. The monoisotopic (exact) mass is 265 g/mol. The summed E-state index contributed by atoms with van der Waals surface area (Å²) in [7, 11) is 0. The molecule has 0 aromatic heterocycles. The van der Waals surface area contributed by atoms with Crippen molar-refractivity contribution in [3.05, 3.63) is 33.9 Å². The SMILES string of the molecule is CCC(C)NCC(=O)Nc1cc([N+](=O)[O-])ccc1C. The fourth-order valence-electron chi connectivity index (χ4n) is 1.46. The maximum absolute atomic E-state index is 11.7. The number of nitrogens with one attached hydrogen (secondary N) is 2. The molecular formula is C13H19N3O3. The Hall–Kier alpha value is -1.95. The van der Waals surface area contributed by atoms with Crippen molar-refractivity contribution >= 4 is 17.3 Å². The van der Waals surface area contributed by atoms with Gasteiger partial charge in [0.25, 0.3) is 5.69 Å². The second kappa shape index (κ2) is 6.84. The highest BCUT2D eigenvalue weighted by Crippen LogP contribution is 2.21. The van der Waals surface area contributed by atoms with E-state index in [2.05, 4.69) is 10.6 Å². The van der Waals surface area contributed by atoms with Gasteiger partial charge in [0.1, 0.15) is 0 Å². The van der Waals surface area contributed by atoms with Crippen molar-refractivity contribution < 1.29 is 9.72 Å². The Kier molecular flexibility index (Phi) is 5.44. The Morgan fingerprint density at radius 1 is 1.47 bits per heavy atom. The molecule has 0 aliphatic heterocycles. The highest BCUT2D eigenvalue weighted by Gasteiger charge is 2.11. The van der Waals surface area contributed by atoms with Crippen LogP contribution in [0.15, 0.2) is 18.2 Å². The minimum atomic E-state index is -0.480. The minimum absolute atomic E-state index is 0.0317. The second-order valence-corrected chi connectivity index (χ2v) is 4.49. The molecule has 6 nitrogen and oxygen atoms in total. The number of nitro benzene ring substituents is 1. The van der Waals surface area contributed by atoms with Gasteiger partial charge in [0.05, 0.1) is 17.2 Å². The van der Waals surface area contributed by atoms with Crippen molar-refractivity contribution in [2.45, 2.75) is 33.2 Å².